The molecule has 0 saturated heterocycles. The van der Waals surface area contributed by atoms with Gasteiger partial charge in [0, 0.05) is 9.35 Å². The highest BCUT2D eigenvalue weighted by molar-refractivity contribution is 9.10. The molecule has 2 rings (SSSR count). The minimum Gasteiger partial charge on any atom is -0.465 e. The molecular formula is C13H10BrClO2S. The second kappa shape index (κ2) is 5.43. The van der Waals surface area contributed by atoms with Gasteiger partial charge in [-0.3, -0.25) is 0 Å². The molecule has 0 radical (unpaired) electrons. The van der Waals surface area contributed by atoms with Crippen LogP contribution >= 0.6 is 38.9 Å². The van der Waals surface area contributed by atoms with Gasteiger partial charge in [-0.2, -0.15) is 0 Å². The van der Waals surface area contributed by atoms with Crippen LogP contribution in [-0.4, -0.2) is 13.1 Å². The molecule has 0 aliphatic heterocycles. The third-order valence-electron chi connectivity index (χ3n) is 2.49. The van der Waals surface area contributed by atoms with Gasteiger partial charge in [-0.05, 0) is 52.2 Å². The summed E-state index contributed by atoms with van der Waals surface area (Å²) in [5.41, 5.74) is 2.08. The van der Waals surface area contributed by atoms with E-state index in [9.17, 15) is 4.79 Å². The lowest BCUT2D eigenvalue weighted by Gasteiger charge is -2.02. The van der Waals surface area contributed by atoms with Gasteiger partial charge in [-0.1, -0.05) is 17.7 Å². The average molecular weight is 346 g/mol. The highest BCUT2D eigenvalue weighted by Crippen LogP contribution is 2.35. The number of hydrogen-bond acceptors (Lipinski definition) is 3. The zero-order chi connectivity index (χ0) is 13.3. The maximum Gasteiger partial charge on any atom is 0.348 e. The molecule has 0 fully saturated rings. The highest BCUT2D eigenvalue weighted by Gasteiger charge is 2.14. The van der Waals surface area contributed by atoms with Crippen molar-refractivity contribution in [2.75, 3.05) is 7.11 Å². The van der Waals surface area contributed by atoms with Crippen LogP contribution in [0.2, 0.25) is 5.02 Å². The number of halogens is 2. The van der Waals surface area contributed by atoms with Crippen molar-refractivity contribution in [1.29, 1.82) is 0 Å². The van der Waals surface area contributed by atoms with Crippen molar-refractivity contribution < 1.29 is 9.53 Å². The minimum atomic E-state index is -0.303. The second-order valence-corrected chi connectivity index (χ2v) is 6.06. The Balaban J connectivity index is 2.47. The predicted molar refractivity (Wildman–Crippen MR) is 78.5 cm³/mol. The number of aryl methyl sites for hydroxylation is 1. The number of methoxy groups -OCH3 is 1. The van der Waals surface area contributed by atoms with E-state index >= 15 is 0 Å². The maximum absolute atomic E-state index is 11.5. The van der Waals surface area contributed by atoms with Crippen molar-refractivity contribution in [1.82, 2.24) is 0 Å². The van der Waals surface area contributed by atoms with Crippen molar-refractivity contribution in [3.8, 4) is 10.4 Å². The van der Waals surface area contributed by atoms with Gasteiger partial charge < -0.3 is 4.74 Å². The van der Waals surface area contributed by atoms with E-state index in [2.05, 4.69) is 15.9 Å². The predicted octanol–water partition coefficient (Wildman–Crippen LogP) is 4.93. The number of rotatable bonds is 2. The molecule has 2 nitrogen and oxygen atoms in total. The Kier molecular flexibility index (Phi) is 4.10. The van der Waals surface area contributed by atoms with E-state index in [1.54, 1.807) is 0 Å². The van der Waals surface area contributed by atoms with E-state index in [0.29, 0.717) is 9.90 Å². The molecule has 0 spiro atoms. The Bertz CT molecular complexity index is 607. The van der Waals surface area contributed by atoms with Gasteiger partial charge in [0.2, 0.25) is 0 Å². The molecular weight excluding hydrogens is 336 g/mol. The van der Waals surface area contributed by atoms with Crippen molar-refractivity contribution in [3.05, 3.63) is 44.2 Å². The summed E-state index contributed by atoms with van der Waals surface area (Å²) in [6.07, 6.45) is 0. The van der Waals surface area contributed by atoms with Crippen LogP contribution in [0.1, 0.15) is 15.2 Å². The standard InChI is InChI=1S/C13H10BrClO2S/c1-7-5-11(13(16)17-2)18-12(7)8-3-4-10(15)9(14)6-8/h3-6H,1-2H3. The Morgan fingerprint density at radius 1 is 1.39 bits per heavy atom. The van der Waals surface area contributed by atoms with Crippen LogP contribution in [-0.2, 0) is 4.74 Å². The molecule has 0 bridgehead atoms. The van der Waals surface area contributed by atoms with E-state index in [1.165, 1.54) is 18.4 Å². The fourth-order valence-corrected chi connectivity index (χ4v) is 3.19. The summed E-state index contributed by atoms with van der Waals surface area (Å²) in [6, 6.07) is 7.56. The Hall–Kier alpha value is -0.840. The third-order valence-corrected chi connectivity index (χ3v) is 4.97. The smallest absolute Gasteiger partial charge is 0.348 e. The first-order valence-corrected chi connectivity index (χ1v) is 7.16. The van der Waals surface area contributed by atoms with Gasteiger partial charge in [0.25, 0.3) is 0 Å². The van der Waals surface area contributed by atoms with E-state index in [-0.39, 0.29) is 5.97 Å². The lowest BCUT2D eigenvalue weighted by atomic mass is 10.1. The summed E-state index contributed by atoms with van der Waals surface area (Å²) in [6.45, 7) is 1.97. The van der Waals surface area contributed by atoms with Gasteiger partial charge in [-0.15, -0.1) is 11.3 Å². The number of ether oxygens (including phenoxy) is 1. The quantitative estimate of drug-likeness (QED) is 0.722. The van der Waals surface area contributed by atoms with Crippen LogP contribution in [0.5, 0.6) is 0 Å². The monoisotopic (exact) mass is 344 g/mol. The topological polar surface area (TPSA) is 26.3 Å². The molecule has 1 aromatic carbocycles. The Morgan fingerprint density at radius 2 is 2.11 bits per heavy atom. The molecule has 0 saturated carbocycles. The number of hydrogen-bond donors (Lipinski definition) is 0. The van der Waals surface area contributed by atoms with E-state index < -0.39 is 0 Å². The highest BCUT2D eigenvalue weighted by atomic mass is 79.9. The number of esters is 1. The minimum absolute atomic E-state index is 0.303. The van der Waals surface area contributed by atoms with Gasteiger partial charge in [0.1, 0.15) is 4.88 Å². The van der Waals surface area contributed by atoms with Crippen LogP contribution in [0.4, 0.5) is 0 Å². The molecule has 0 aliphatic rings. The van der Waals surface area contributed by atoms with E-state index in [1.807, 2.05) is 31.2 Å². The van der Waals surface area contributed by atoms with Crippen LogP contribution in [0.15, 0.2) is 28.7 Å². The zero-order valence-electron chi connectivity index (χ0n) is 9.79. The largest absolute Gasteiger partial charge is 0.465 e. The zero-order valence-corrected chi connectivity index (χ0v) is 12.9. The summed E-state index contributed by atoms with van der Waals surface area (Å²) >= 11 is 10.8. The molecule has 5 heteroatoms. The molecule has 94 valence electrons. The van der Waals surface area contributed by atoms with Crippen molar-refractivity contribution in [2.24, 2.45) is 0 Å². The molecule has 18 heavy (non-hydrogen) atoms. The Labute approximate surface area is 123 Å². The lowest BCUT2D eigenvalue weighted by molar-refractivity contribution is 0.0606. The van der Waals surface area contributed by atoms with Gasteiger partial charge in [0.05, 0.1) is 12.1 Å². The van der Waals surface area contributed by atoms with E-state index in [0.717, 1.165) is 20.5 Å². The van der Waals surface area contributed by atoms with Crippen molar-refractivity contribution in [2.45, 2.75) is 6.92 Å². The fourth-order valence-electron chi connectivity index (χ4n) is 1.61. The molecule has 0 N–H and O–H groups in total. The van der Waals surface area contributed by atoms with Crippen LogP contribution in [0.25, 0.3) is 10.4 Å². The summed E-state index contributed by atoms with van der Waals surface area (Å²) in [5.74, 6) is -0.303. The fraction of sp³-hybridized carbons (Fsp3) is 0.154. The van der Waals surface area contributed by atoms with Gasteiger partial charge in [0.15, 0.2) is 0 Å². The van der Waals surface area contributed by atoms with Gasteiger partial charge >= 0.3 is 5.97 Å². The Morgan fingerprint density at radius 3 is 2.72 bits per heavy atom. The SMILES string of the molecule is COC(=O)c1cc(C)c(-c2ccc(Cl)c(Br)c2)s1. The molecule has 2 aromatic rings. The molecule has 0 aliphatic carbocycles. The summed E-state index contributed by atoms with van der Waals surface area (Å²) in [7, 11) is 1.38. The normalized spacial score (nSPS) is 10.4. The third kappa shape index (κ3) is 2.60. The number of benzene rings is 1. The first-order valence-electron chi connectivity index (χ1n) is 5.17. The summed E-state index contributed by atoms with van der Waals surface area (Å²) in [4.78, 5) is 13.1. The van der Waals surface area contributed by atoms with Crippen LogP contribution < -0.4 is 0 Å². The van der Waals surface area contributed by atoms with Crippen LogP contribution in [0, 0.1) is 6.92 Å². The molecule has 1 heterocycles. The lowest BCUT2D eigenvalue weighted by Crippen LogP contribution is -1.96. The molecule has 0 atom stereocenters. The van der Waals surface area contributed by atoms with Crippen molar-refractivity contribution in [3.63, 3.8) is 0 Å². The average Bonchev–Trinajstić information content (AvgIpc) is 2.74. The maximum atomic E-state index is 11.5. The van der Waals surface area contributed by atoms with Gasteiger partial charge in [-0.25, -0.2) is 4.79 Å². The second-order valence-electron chi connectivity index (χ2n) is 3.74. The summed E-state index contributed by atoms with van der Waals surface area (Å²) < 4.78 is 5.57. The van der Waals surface area contributed by atoms with Crippen LogP contribution in [0.3, 0.4) is 0 Å². The molecule has 0 unspecified atom stereocenters. The molecule has 0 amide bonds. The first-order chi connectivity index (χ1) is 8.52. The summed E-state index contributed by atoms with van der Waals surface area (Å²) in [5, 5.41) is 0.668. The number of thiophene rings is 1. The van der Waals surface area contributed by atoms with Crippen molar-refractivity contribution >= 4 is 44.8 Å². The molecule has 1 aromatic heterocycles. The first kappa shape index (κ1) is 13.6. The number of carbonyl (C=O) groups excluding carboxylic acids is 1. The number of carbonyl (C=O) groups is 1. The van der Waals surface area contributed by atoms with E-state index in [4.69, 9.17) is 16.3 Å².